The number of rotatable bonds is 5. The lowest BCUT2D eigenvalue weighted by molar-refractivity contribution is -0.224. The van der Waals surface area contributed by atoms with Crippen molar-refractivity contribution >= 4 is 0 Å². The lowest BCUT2D eigenvalue weighted by Gasteiger charge is -2.28. The molecule has 0 N–H and O–H groups in total. The molecule has 0 aromatic carbocycles. The van der Waals surface area contributed by atoms with Crippen LogP contribution in [0, 0.1) is 6.92 Å². The molecule has 0 saturated carbocycles. The molecule has 0 fully saturated rings. The Labute approximate surface area is 80.3 Å². The molecule has 91 valence electrons. The Bertz CT molecular complexity index is 201. The second-order valence-corrected chi connectivity index (χ2v) is 2.78. The number of halogens is 8. The molecule has 0 aliphatic heterocycles. The third-order valence-electron chi connectivity index (χ3n) is 1.63. The van der Waals surface area contributed by atoms with Crippen LogP contribution in [0.25, 0.3) is 0 Å². The van der Waals surface area contributed by atoms with E-state index in [4.69, 9.17) is 0 Å². The SMILES string of the molecule is [CH2]CC(F)(F)[C@H](F)C(F)(F)C(F)C(F)F. The van der Waals surface area contributed by atoms with Crippen molar-refractivity contribution in [2.45, 2.75) is 37.0 Å². The molecule has 0 saturated heterocycles. The topological polar surface area (TPSA) is 0 Å². The Balaban J connectivity index is 4.87. The fourth-order valence-electron chi connectivity index (χ4n) is 0.716. The minimum absolute atomic E-state index is 1.58. The van der Waals surface area contributed by atoms with Gasteiger partial charge in [0.2, 0.25) is 12.3 Å². The van der Waals surface area contributed by atoms with Crippen molar-refractivity contribution in [2.75, 3.05) is 0 Å². The minimum atomic E-state index is -5.45. The van der Waals surface area contributed by atoms with Gasteiger partial charge in [-0.2, -0.15) is 8.78 Å². The molecular formula is C7H7F8. The van der Waals surface area contributed by atoms with Crippen LogP contribution in [0.2, 0.25) is 0 Å². The third-order valence-corrected chi connectivity index (χ3v) is 1.63. The van der Waals surface area contributed by atoms with Crippen LogP contribution in [0.1, 0.15) is 6.42 Å². The molecule has 0 rings (SSSR count). The minimum Gasteiger partial charge on any atom is -0.234 e. The zero-order valence-electron chi connectivity index (χ0n) is 7.17. The second kappa shape index (κ2) is 4.52. The fourth-order valence-corrected chi connectivity index (χ4v) is 0.716. The molecular weight excluding hydrogens is 236 g/mol. The van der Waals surface area contributed by atoms with Gasteiger partial charge in [0, 0.05) is 6.42 Å². The highest BCUT2D eigenvalue weighted by atomic mass is 19.3. The van der Waals surface area contributed by atoms with Gasteiger partial charge in [-0.3, -0.25) is 0 Å². The Hall–Kier alpha value is -0.560. The predicted octanol–water partition coefficient (Wildman–Crippen LogP) is 3.42. The van der Waals surface area contributed by atoms with Crippen molar-refractivity contribution in [2.24, 2.45) is 0 Å². The van der Waals surface area contributed by atoms with Crippen LogP contribution in [-0.4, -0.2) is 30.6 Å². The summed E-state index contributed by atoms with van der Waals surface area (Å²) in [5.74, 6) is -10.1. The molecule has 8 heteroatoms. The van der Waals surface area contributed by atoms with Gasteiger partial charge in [0.25, 0.3) is 12.3 Å². The molecule has 0 nitrogen and oxygen atoms in total. The van der Waals surface area contributed by atoms with E-state index in [1.807, 2.05) is 0 Å². The summed E-state index contributed by atoms with van der Waals surface area (Å²) >= 11 is 0. The highest BCUT2D eigenvalue weighted by molar-refractivity contribution is 4.94. The molecule has 0 bridgehead atoms. The van der Waals surface area contributed by atoms with E-state index in [-0.39, 0.29) is 0 Å². The monoisotopic (exact) mass is 243 g/mol. The highest BCUT2D eigenvalue weighted by Crippen LogP contribution is 2.40. The summed E-state index contributed by atoms with van der Waals surface area (Å²) in [6.07, 6.45) is -14.4. The molecule has 0 spiro atoms. The van der Waals surface area contributed by atoms with E-state index in [1.54, 1.807) is 0 Å². The van der Waals surface area contributed by atoms with Crippen molar-refractivity contribution in [3.8, 4) is 0 Å². The van der Waals surface area contributed by atoms with Crippen molar-refractivity contribution < 1.29 is 35.1 Å². The maximum absolute atomic E-state index is 12.5. The van der Waals surface area contributed by atoms with Crippen LogP contribution in [0.4, 0.5) is 35.1 Å². The van der Waals surface area contributed by atoms with Gasteiger partial charge in [-0.15, -0.1) is 0 Å². The van der Waals surface area contributed by atoms with Crippen LogP contribution < -0.4 is 0 Å². The molecule has 1 unspecified atom stereocenters. The number of hydrogen-bond donors (Lipinski definition) is 0. The molecule has 15 heavy (non-hydrogen) atoms. The van der Waals surface area contributed by atoms with Gasteiger partial charge in [0.1, 0.15) is 0 Å². The quantitative estimate of drug-likeness (QED) is 0.649. The maximum Gasteiger partial charge on any atom is 0.320 e. The van der Waals surface area contributed by atoms with E-state index in [2.05, 4.69) is 6.92 Å². The standard InChI is InChI=1S/C7H7F8/c1-2-6(12,13)5(11)7(14,15)3(8)4(9)10/h3-5H,1-2H2/t3?,5-/m0/s1. The molecule has 0 aromatic heterocycles. The van der Waals surface area contributed by atoms with Crippen LogP contribution in [0.3, 0.4) is 0 Å². The van der Waals surface area contributed by atoms with Crippen molar-refractivity contribution in [3.05, 3.63) is 6.92 Å². The summed E-state index contributed by atoms with van der Waals surface area (Å²) in [6, 6.07) is 0. The lowest BCUT2D eigenvalue weighted by atomic mass is 10.0. The first-order valence-corrected chi connectivity index (χ1v) is 3.68. The van der Waals surface area contributed by atoms with E-state index in [1.165, 1.54) is 0 Å². The summed E-state index contributed by atoms with van der Waals surface area (Å²) in [7, 11) is 0. The molecule has 2 atom stereocenters. The van der Waals surface area contributed by atoms with E-state index in [0.29, 0.717) is 0 Å². The molecule has 0 aromatic rings. The Morgan fingerprint density at radius 3 is 1.60 bits per heavy atom. The van der Waals surface area contributed by atoms with Gasteiger partial charge in [0.05, 0.1) is 0 Å². The van der Waals surface area contributed by atoms with Gasteiger partial charge >= 0.3 is 5.92 Å². The number of alkyl halides is 8. The zero-order chi connectivity index (χ0) is 12.4. The van der Waals surface area contributed by atoms with Gasteiger partial charge in [-0.05, 0) is 6.92 Å². The molecule has 0 heterocycles. The summed E-state index contributed by atoms with van der Waals surface area (Å²) in [5.41, 5.74) is 0. The van der Waals surface area contributed by atoms with Gasteiger partial charge in [-0.1, -0.05) is 0 Å². The summed E-state index contributed by atoms with van der Waals surface area (Å²) in [6.45, 7) is 2.46. The van der Waals surface area contributed by atoms with E-state index in [0.717, 1.165) is 0 Å². The van der Waals surface area contributed by atoms with Gasteiger partial charge in [0.15, 0.2) is 0 Å². The average Bonchev–Trinajstić information content (AvgIpc) is 2.15. The smallest absolute Gasteiger partial charge is 0.234 e. The summed E-state index contributed by atoms with van der Waals surface area (Å²) < 4.78 is 97.1. The maximum atomic E-state index is 12.5. The van der Waals surface area contributed by atoms with E-state index < -0.39 is 37.0 Å². The van der Waals surface area contributed by atoms with Crippen LogP contribution in [0.15, 0.2) is 0 Å². The molecule has 0 aliphatic rings. The summed E-state index contributed by atoms with van der Waals surface area (Å²) in [5, 5.41) is 0. The molecule has 0 amide bonds. The second-order valence-electron chi connectivity index (χ2n) is 2.78. The van der Waals surface area contributed by atoms with E-state index >= 15 is 0 Å². The van der Waals surface area contributed by atoms with Crippen LogP contribution in [-0.2, 0) is 0 Å². The van der Waals surface area contributed by atoms with Crippen LogP contribution >= 0.6 is 0 Å². The molecule has 0 aliphatic carbocycles. The lowest BCUT2D eigenvalue weighted by Crippen LogP contribution is -2.51. The summed E-state index contributed by atoms with van der Waals surface area (Å²) in [4.78, 5) is 0. The molecule has 1 radical (unpaired) electrons. The largest absolute Gasteiger partial charge is 0.320 e. The normalized spacial score (nSPS) is 18.0. The first kappa shape index (κ1) is 14.4. The average molecular weight is 243 g/mol. The first-order chi connectivity index (χ1) is 6.57. The van der Waals surface area contributed by atoms with Gasteiger partial charge in [-0.25, -0.2) is 26.3 Å². The van der Waals surface area contributed by atoms with E-state index in [9.17, 15) is 35.1 Å². The number of hydrogen-bond acceptors (Lipinski definition) is 0. The van der Waals surface area contributed by atoms with Gasteiger partial charge < -0.3 is 0 Å². The Kier molecular flexibility index (Phi) is 4.36. The Morgan fingerprint density at radius 2 is 1.33 bits per heavy atom. The van der Waals surface area contributed by atoms with Crippen LogP contribution in [0.5, 0.6) is 0 Å². The third kappa shape index (κ3) is 2.94. The zero-order valence-corrected chi connectivity index (χ0v) is 7.17. The highest BCUT2D eigenvalue weighted by Gasteiger charge is 2.61. The fraction of sp³-hybridized carbons (Fsp3) is 0.857. The Morgan fingerprint density at radius 1 is 0.933 bits per heavy atom. The van der Waals surface area contributed by atoms with Crippen molar-refractivity contribution in [1.29, 1.82) is 0 Å². The van der Waals surface area contributed by atoms with Crippen molar-refractivity contribution in [3.63, 3.8) is 0 Å². The first-order valence-electron chi connectivity index (χ1n) is 3.68. The van der Waals surface area contributed by atoms with Crippen molar-refractivity contribution in [1.82, 2.24) is 0 Å². The predicted molar refractivity (Wildman–Crippen MR) is 35.7 cm³/mol.